The molecule has 0 amide bonds. The summed E-state index contributed by atoms with van der Waals surface area (Å²) in [5.74, 6) is 0.747. The Bertz CT molecular complexity index is 797. The highest BCUT2D eigenvalue weighted by Crippen LogP contribution is 2.24. The Morgan fingerprint density at radius 3 is 2.29 bits per heavy atom. The van der Waals surface area contributed by atoms with Crippen LogP contribution in [-0.4, -0.2) is 17.2 Å². The first kappa shape index (κ1) is 17.8. The zero-order chi connectivity index (χ0) is 17.7. The molecule has 0 spiro atoms. The molecule has 0 saturated carbocycles. The predicted molar refractivity (Wildman–Crippen MR) is 94.9 cm³/mol. The minimum Gasteiger partial charge on any atom is -0.497 e. The van der Waals surface area contributed by atoms with Crippen molar-refractivity contribution in [3.8, 4) is 23.1 Å². The Morgan fingerprint density at radius 2 is 1.79 bits per heavy atom. The summed E-state index contributed by atoms with van der Waals surface area (Å²) in [7, 11) is 1.61. The van der Waals surface area contributed by atoms with Crippen LogP contribution in [-0.2, 0) is 6.54 Å². The first-order valence-electron chi connectivity index (χ1n) is 8.05. The third kappa shape index (κ3) is 3.50. The van der Waals surface area contributed by atoms with Gasteiger partial charge < -0.3 is 15.0 Å². The van der Waals surface area contributed by atoms with Crippen LogP contribution in [0.2, 0.25) is 0 Å². The molecule has 0 aliphatic rings. The number of benzene rings is 1. The minimum atomic E-state index is -0.487. The van der Waals surface area contributed by atoms with Crippen molar-refractivity contribution in [2.45, 2.75) is 38.8 Å². The van der Waals surface area contributed by atoms with Crippen LogP contribution in [0, 0.1) is 11.3 Å². The van der Waals surface area contributed by atoms with E-state index in [1.54, 1.807) is 23.8 Å². The van der Waals surface area contributed by atoms with Crippen molar-refractivity contribution >= 4 is 0 Å². The molecule has 2 N–H and O–H groups in total. The van der Waals surface area contributed by atoms with Gasteiger partial charge in [0.05, 0.1) is 12.8 Å². The number of hydrogen-bond donors (Lipinski definition) is 1. The standard InChI is InChI=1S/C19H23N3O2/c1-4-19(21,5-2)13-22-17(11-8-15(12-20)18(22)23)14-6-9-16(24-3)10-7-14/h6-11H,4-5,13,21H2,1-3H3. The summed E-state index contributed by atoms with van der Waals surface area (Å²) in [6.07, 6.45) is 1.49. The SMILES string of the molecule is CCC(N)(CC)Cn1c(-c2ccc(OC)cc2)ccc(C#N)c1=O. The van der Waals surface area contributed by atoms with Crippen LogP contribution in [0.15, 0.2) is 41.2 Å². The molecule has 0 aliphatic heterocycles. The molecule has 2 rings (SSSR count). The quantitative estimate of drug-likeness (QED) is 0.885. The van der Waals surface area contributed by atoms with Crippen molar-refractivity contribution in [1.82, 2.24) is 4.57 Å². The Labute approximate surface area is 142 Å². The lowest BCUT2D eigenvalue weighted by atomic mass is 9.93. The molecule has 1 aromatic carbocycles. The lowest BCUT2D eigenvalue weighted by molar-refractivity contribution is 0.336. The summed E-state index contributed by atoms with van der Waals surface area (Å²) < 4.78 is 6.80. The Balaban J connectivity index is 2.61. The van der Waals surface area contributed by atoms with Crippen molar-refractivity contribution in [2.75, 3.05) is 7.11 Å². The van der Waals surface area contributed by atoms with Crippen LogP contribution in [0.5, 0.6) is 5.75 Å². The molecule has 126 valence electrons. The van der Waals surface area contributed by atoms with Gasteiger partial charge in [0.15, 0.2) is 0 Å². The summed E-state index contributed by atoms with van der Waals surface area (Å²) in [5, 5.41) is 9.17. The maximum absolute atomic E-state index is 12.7. The zero-order valence-corrected chi connectivity index (χ0v) is 14.4. The molecule has 0 radical (unpaired) electrons. The highest BCUT2D eigenvalue weighted by atomic mass is 16.5. The monoisotopic (exact) mass is 325 g/mol. The van der Waals surface area contributed by atoms with Gasteiger partial charge in [0.2, 0.25) is 0 Å². The van der Waals surface area contributed by atoms with E-state index in [0.717, 1.165) is 29.8 Å². The molecule has 1 heterocycles. The maximum Gasteiger partial charge on any atom is 0.269 e. The van der Waals surface area contributed by atoms with E-state index >= 15 is 0 Å². The first-order chi connectivity index (χ1) is 11.5. The van der Waals surface area contributed by atoms with Gasteiger partial charge in [-0.15, -0.1) is 0 Å². The van der Waals surface area contributed by atoms with Crippen molar-refractivity contribution in [3.05, 3.63) is 52.3 Å². The van der Waals surface area contributed by atoms with Crippen molar-refractivity contribution in [3.63, 3.8) is 0 Å². The average Bonchev–Trinajstić information content (AvgIpc) is 2.63. The van der Waals surface area contributed by atoms with Crippen molar-refractivity contribution < 1.29 is 4.74 Å². The van der Waals surface area contributed by atoms with Crippen LogP contribution in [0.4, 0.5) is 0 Å². The fraction of sp³-hybridized carbons (Fsp3) is 0.368. The van der Waals surface area contributed by atoms with Gasteiger partial charge in [-0.2, -0.15) is 5.26 Å². The molecule has 1 aromatic heterocycles. The third-order valence-corrected chi connectivity index (χ3v) is 4.56. The first-order valence-corrected chi connectivity index (χ1v) is 8.05. The number of rotatable bonds is 6. The van der Waals surface area contributed by atoms with E-state index in [9.17, 15) is 10.1 Å². The van der Waals surface area contributed by atoms with Gasteiger partial charge in [0, 0.05) is 12.1 Å². The highest BCUT2D eigenvalue weighted by Gasteiger charge is 2.23. The molecule has 0 fully saturated rings. The third-order valence-electron chi connectivity index (χ3n) is 4.56. The molecule has 0 atom stereocenters. The topological polar surface area (TPSA) is 81.0 Å². The van der Waals surface area contributed by atoms with Crippen LogP contribution in [0.25, 0.3) is 11.3 Å². The van der Waals surface area contributed by atoms with Gasteiger partial charge in [0.1, 0.15) is 17.4 Å². The van der Waals surface area contributed by atoms with Gasteiger partial charge in [-0.25, -0.2) is 0 Å². The van der Waals surface area contributed by atoms with Gasteiger partial charge in [-0.3, -0.25) is 4.79 Å². The fourth-order valence-corrected chi connectivity index (χ4v) is 2.62. The Hall–Kier alpha value is -2.58. The summed E-state index contributed by atoms with van der Waals surface area (Å²) in [6, 6.07) is 12.8. The number of nitrogens with two attached hydrogens (primary N) is 1. The van der Waals surface area contributed by atoms with Gasteiger partial charge in [-0.1, -0.05) is 13.8 Å². The molecule has 0 bridgehead atoms. The average molecular weight is 325 g/mol. The van der Waals surface area contributed by atoms with E-state index in [4.69, 9.17) is 10.5 Å². The maximum atomic E-state index is 12.7. The number of hydrogen-bond acceptors (Lipinski definition) is 4. The van der Waals surface area contributed by atoms with E-state index in [-0.39, 0.29) is 11.1 Å². The molecule has 5 heteroatoms. The Morgan fingerprint density at radius 1 is 1.17 bits per heavy atom. The number of methoxy groups -OCH3 is 1. The smallest absolute Gasteiger partial charge is 0.269 e. The summed E-state index contributed by atoms with van der Waals surface area (Å²) in [6.45, 7) is 4.39. The fourth-order valence-electron chi connectivity index (χ4n) is 2.62. The molecule has 2 aromatic rings. The molecular formula is C19H23N3O2. The molecular weight excluding hydrogens is 302 g/mol. The predicted octanol–water partition coefficient (Wildman–Crippen LogP) is 2.91. The van der Waals surface area contributed by atoms with E-state index in [1.807, 2.05) is 44.2 Å². The van der Waals surface area contributed by atoms with Crippen LogP contribution >= 0.6 is 0 Å². The number of ether oxygens (including phenoxy) is 1. The van der Waals surface area contributed by atoms with Crippen molar-refractivity contribution in [1.29, 1.82) is 5.26 Å². The largest absolute Gasteiger partial charge is 0.497 e. The van der Waals surface area contributed by atoms with E-state index in [0.29, 0.717) is 6.54 Å². The lowest BCUT2D eigenvalue weighted by Crippen LogP contribution is -2.45. The van der Waals surface area contributed by atoms with Crippen LogP contribution in [0.3, 0.4) is 0 Å². The summed E-state index contributed by atoms with van der Waals surface area (Å²) in [4.78, 5) is 12.7. The second-order valence-electron chi connectivity index (χ2n) is 5.93. The number of aromatic nitrogens is 1. The van der Waals surface area contributed by atoms with E-state index in [2.05, 4.69) is 0 Å². The molecule has 24 heavy (non-hydrogen) atoms. The normalized spacial score (nSPS) is 11.1. The second-order valence-corrected chi connectivity index (χ2v) is 5.93. The molecule has 0 saturated heterocycles. The highest BCUT2D eigenvalue weighted by molar-refractivity contribution is 5.61. The van der Waals surface area contributed by atoms with E-state index < -0.39 is 5.54 Å². The number of pyridine rings is 1. The molecule has 5 nitrogen and oxygen atoms in total. The number of nitriles is 1. The van der Waals surface area contributed by atoms with Crippen molar-refractivity contribution in [2.24, 2.45) is 5.73 Å². The van der Waals surface area contributed by atoms with Gasteiger partial charge >= 0.3 is 0 Å². The summed E-state index contributed by atoms with van der Waals surface area (Å²) >= 11 is 0. The molecule has 0 unspecified atom stereocenters. The number of nitrogens with zero attached hydrogens (tertiary/aromatic N) is 2. The van der Waals surface area contributed by atoms with Crippen LogP contribution < -0.4 is 16.0 Å². The van der Waals surface area contributed by atoms with E-state index in [1.165, 1.54) is 0 Å². The lowest BCUT2D eigenvalue weighted by Gasteiger charge is -2.29. The van der Waals surface area contributed by atoms with Gasteiger partial charge in [0.25, 0.3) is 5.56 Å². The molecule has 0 aliphatic carbocycles. The summed E-state index contributed by atoms with van der Waals surface area (Å²) in [5.41, 5.74) is 7.39. The minimum absolute atomic E-state index is 0.127. The zero-order valence-electron chi connectivity index (χ0n) is 14.4. The second kappa shape index (κ2) is 7.33. The van der Waals surface area contributed by atoms with Gasteiger partial charge in [-0.05, 0) is 54.8 Å². The van der Waals surface area contributed by atoms with Crippen LogP contribution in [0.1, 0.15) is 32.3 Å². The Kier molecular flexibility index (Phi) is 5.42.